The first-order valence-electron chi connectivity index (χ1n) is 9.53. The van der Waals surface area contributed by atoms with E-state index in [4.69, 9.17) is 14.2 Å². The number of hydrogen-bond acceptors (Lipinski definition) is 4. The van der Waals surface area contributed by atoms with Crippen LogP contribution in [-0.4, -0.2) is 31.8 Å². The molecule has 0 heterocycles. The normalized spacial score (nSPS) is 13.4. The summed E-state index contributed by atoms with van der Waals surface area (Å²) in [5.74, 6) is 2.00. The van der Waals surface area contributed by atoms with Gasteiger partial charge >= 0.3 is 0 Å². The minimum absolute atomic E-state index is 0.0842. The summed E-state index contributed by atoms with van der Waals surface area (Å²) in [4.78, 5) is 12.4. The first-order valence-corrected chi connectivity index (χ1v) is 9.53. The van der Waals surface area contributed by atoms with Crippen LogP contribution in [0.1, 0.15) is 40.2 Å². The summed E-state index contributed by atoms with van der Waals surface area (Å²) in [5.41, 5.74) is 1.31. The Hall–Kier alpha value is -2.69. The molecule has 0 aliphatic rings. The average molecular weight is 386 g/mol. The molecule has 1 amide bonds. The van der Waals surface area contributed by atoms with Gasteiger partial charge in [0.25, 0.3) is 5.91 Å². The first kappa shape index (κ1) is 21.6. The van der Waals surface area contributed by atoms with E-state index in [1.807, 2.05) is 55.5 Å². The lowest BCUT2D eigenvalue weighted by Gasteiger charge is -2.21. The fraction of sp³-hybridized carbons (Fsp3) is 0.435. The van der Waals surface area contributed by atoms with Gasteiger partial charge in [-0.05, 0) is 61.2 Å². The van der Waals surface area contributed by atoms with Crippen molar-refractivity contribution in [1.82, 2.24) is 5.32 Å². The van der Waals surface area contributed by atoms with Gasteiger partial charge in [0.05, 0.1) is 13.2 Å². The molecule has 0 aliphatic carbocycles. The van der Waals surface area contributed by atoms with Gasteiger partial charge in [0.2, 0.25) is 0 Å². The molecule has 0 radical (unpaired) electrons. The van der Waals surface area contributed by atoms with Crippen molar-refractivity contribution in [2.45, 2.75) is 52.2 Å². The summed E-state index contributed by atoms with van der Waals surface area (Å²) in [6.07, 6.45) is -0.594. The van der Waals surface area contributed by atoms with Gasteiger partial charge < -0.3 is 19.5 Å². The Balaban J connectivity index is 1.80. The Bertz CT molecular complexity index is 748. The minimum Gasteiger partial charge on any atom is -0.497 e. The molecule has 2 atom stereocenters. The van der Waals surface area contributed by atoms with E-state index >= 15 is 0 Å². The third kappa shape index (κ3) is 6.48. The van der Waals surface area contributed by atoms with Crippen molar-refractivity contribution in [3.63, 3.8) is 0 Å². The summed E-state index contributed by atoms with van der Waals surface area (Å²) in [5, 5.41) is 2.91. The number of methoxy groups -OCH3 is 1. The van der Waals surface area contributed by atoms with Crippen LogP contribution in [0.2, 0.25) is 0 Å². The number of benzene rings is 2. The van der Waals surface area contributed by atoms with Crippen LogP contribution in [0.4, 0.5) is 0 Å². The van der Waals surface area contributed by atoms with Crippen LogP contribution in [-0.2, 0) is 10.2 Å². The Morgan fingerprint density at radius 2 is 1.46 bits per heavy atom. The van der Waals surface area contributed by atoms with Crippen LogP contribution in [0.5, 0.6) is 17.2 Å². The van der Waals surface area contributed by atoms with Crippen LogP contribution >= 0.6 is 0 Å². The molecule has 0 fully saturated rings. The molecule has 5 nitrogen and oxygen atoms in total. The monoisotopic (exact) mass is 385 g/mol. The van der Waals surface area contributed by atoms with Crippen molar-refractivity contribution < 1.29 is 19.0 Å². The molecular formula is C23H31NO4. The number of ether oxygens (including phenoxy) is 3. The number of hydrogen-bond donors (Lipinski definition) is 1. The zero-order chi connectivity index (χ0) is 20.7. The maximum atomic E-state index is 12.4. The van der Waals surface area contributed by atoms with E-state index < -0.39 is 6.10 Å². The predicted octanol–water partition coefficient (Wildman–Crippen LogP) is 4.34. The Morgan fingerprint density at radius 1 is 0.929 bits per heavy atom. The van der Waals surface area contributed by atoms with Crippen LogP contribution in [0.25, 0.3) is 0 Å². The molecule has 0 aliphatic heterocycles. The predicted molar refractivity (Wildman–Crippen MR) is 111 cm³/mol. The van der Waals surface area contributed by atoms with E-state index in [0.29, 0.717) is 12.4 Å². The number of amides is 1. The van der Waals surface area contributed by atoms with Crippen LogP contribution in [0.3, 0.4) is 0 Å². The van der Waals surface area contributed by atoms with Crippen molar-refractivity contribution in [3.05, 3.63) is 54.1 Å². The van der Waals surface area contributed by atoms with E-state index in [1.54, 1.807) is 14.0 Å². The molecule has 2 aromatic rings. The zero-order valence-corrected chi connectivity index (χ0v) is 17.6. The second kappa shape index (κ2) is 9.49. The lowest BCUT2D eigenvalue weighted by Crippen LogP contribution is -2.43. The largest absolute Gasteiger partial charge is 0.497 e. The molecule has 28 heavy (non-hydrogen) atoms. The van der Waals surface area contributed by atoms with E-state index in [1.165, 1.54) is 5.56 Å². The van der Waals surface area contributed by atoms with Gasteiger partial charge in [-0.15, -0.1) is 0 Å². The van der Waals surface area contributed by atoms with Crippen LogP contribution < -0.4 is 19.5 Å². The highest BCUT2D eigenvalue weighted by Crippen LogP contribution is 2.24. The topological polar surface area (TPSA) is 56.8 Å². The molecule has 0 saturated heterocycles. The summed E-state index contributed by atoms with van der Waals surface area (Å²) in [6, 6.07) is 15.1. The number of carbonyl (C=O) groups is 1. The lowest BCUT2D eigenvalue weighted by molar-refractivity contribution is -0.128. The van der Waals surface area contributed by atoms with Gasteiger partial charge in [-0.2, -0.15) is 0 Å². The molecule has 0 saturated carbocycles. The summed E-state index contributed by atoms with van der Waals surface area (Å²) >= 11 is 0. The SMILES string of the molecule is COc1ccc(OCC(C)NC(=O)C(C)Oc2ccc(C(C)(C)C)cc2)cc1. The first-order chi connectivity index (χ1) is 13.2. The van der Waals surface area contributed by atoms with Gasteiger partial charge in [0.15, 0.2) is 6.10 Å². The highest BCUT2D eigenvalue weighted by molar-refractivity contribution is 5.81. The summed E-state index contributed by atoms with van der Waals surface area (Å²) in [7, 11) is 1.62. The minimum atomic E-state index is -0.594. The highest BCUT2D eigenvalue weighted by Gasteiger charge is 2.18. The molecule has 5 heteroatoms. The Morgan fingerprint density at radius 3 is 2.00 bits per heavy atom. The van der Waals surface area contributed by atoms with E-state index in [0.717, 1.165) is 11.5 Å². The smallest absolute Gasteiger partial charge is 0.261 e. The molecule has 1 N–H and O–H groups in total. The lowest BCUT2D eigenvalue weighted by atomic mass is 9.87. The van der Waals surface area contributed by atoms with E-state index in [9.17, 15) is 4.79 Å². The molecule has 2 rings (SSSR count). The maximum absolute atomic E-state index is 12.4. The second-order valence-electron chi connectivity index (χ2n) is 7.93. The van der Waals surface area contributed by atoms with Crippen molar-refractivity contribution in [2.75, 3.05) is 13.7 Å². The number of nitrogens with one attached hydrogen (secondary N) is 1. The van der Waals surface area contributed by atoms with Crippen LogP contribution in [0.15, 0.2) is 48.5 Å². The van der Waals surface area contributed by atoms with Crippen molar-refractivity contribution in [3.8, 4) is 17.2 Å². The van der Waals surface area contributed by atoms with Crippen molar-refractivity contribution >= 4 is 5.91 Å². The van der Waals surface area contributed by atoms with Gasteiger partial charge in [-0.3, -0.25) is 4.79 Å². The quantitative estimate of drug-likeness (QED) is 0.734. The number of carbonyl (C=O) groups excluding carboxylic acids is 1. The molecule has 0 aromatic heterocycles. The van der Waals surface area contributed by atoms with Crippen molar-refractivity contribution in [2.24, 2.45) is 0 Å². The molecule has 2 unspecified atom stereocenters. The molecule has 2 aromatic carbocycles. The van der Waals surface area contributed by atoms with Gasteiger partial charge in [-0.25, -0.2) is 0 Å². The van der Waals surface area contributed by atoms with Crippen molar-refractivity contribution in [1.29, 1.82) is 0 Å². The third-order valence-corrected chi connectivity index (χ3v) is 4.35. The van der Waals surface area contributed by atoms with Gasteiger partial charge in [0, 0.05) is 0 Å². The molecule has 152 valence electrons. The highest BCUT2D eigenvalue weighted by atomic mass is 16.5. The number of rotatable bonds is 8. The fourth-order valence-electron chi connectivity index (χ4n) is 2.59. The fourth-order valence-corrected chi connectivity index (χ4v) is 2.59. The molecular weight excluding hydrogens is 354 g/mol. The average Bonchev–Trinajstić information content (AvgIpc) is 2.66. The zero-order valence-electron chi connectivity index (χ0n) is 17.6. The second-order valence-corrected chi connectivity index (χ2v) is 7.93. The van der Waals surface area contributed by atoms with Crippen LogP contribution in [0, 0.1) is 0 Å². The van der Waals surface area contributed by atoms with Gasteiger partial charge in [0.1, 0.15) is 23.9 Å². The van der Waals surface area contributed by atoms with E-state index in [-0.39, 0.29) is 17.4 Å². The third-order valence-electron chi connectivity index (χ3n) is 4.35. The maximum Gasteiger partial charge on any atom is 0.261 e. The van der Waals surface area contributed by atoms with Gasteiger partial charge in [-0.1, -0.05) is 32.9 Å². The standard InChI is InChI=1S/C23H31NO4/c1-16(15-27-20-13-11-19(26-6)12-14-20)24-22(25)17(2)28-21-9-7-18(8-10-21)23(3,4)5/h7-14,16-17H,15H2,1-6H3,(H,24,25). The Labute approximate surface area is 168 Å². The van der Waals surface area contributed by atoms with E-state index in [2.05, 4.69) is 26.1 Å². The summed E-state index contributed by atoms with van der Waals surface area (Å²) < 4.78 is 16.6. The molecule has 0 spiro atoms. The Kier molecular flexibility index (Phi) is 7.32. The summed E-state index contributed by atoms with van der Waals surface area (Å²) in [6.45, 7) is 10.5. The molecule has 0 bridgehead atoms.